The van der Waals surface area contributed by atoms with Crippen LogP contribution in [0, 0.1) is 0 Å². The standard InChI is InChI=1S/C17H18Cl2N2OS/c1-21(10-12-6-8-13(23-2)9-7-12)11-16(22)20-17-14(18)4-3-5-15(17)19/h3-9H,10-11H2,1-2H3,(H,20,22)/p+1. The molecule has 1 atom stereocenters. The third kappa shape index (κ3) is 5.43. The molecule has 0 bridgehead atoms. The van der Waals surface area contributed by atoms with Crippen molar-refractivity contribution in [1.82, 2.24) is 0 Å². The average molecular weight is 370 g/mol. The number of likely N-dealkylation sites (N-methyl/N-ethyl adjacent to an activating group) is 1. The zero-order chi connectivity index (χ0) is 16.8. The van der Waals surface area contributed by atoms with E-state index in [1.165, 1.54) is 10.5 Å². The van der Waals surface area contributed by atoms with E-state index in [0.717, 1.165) is 11.4 Å². The zero-order valence-electron chi connectivity index (χ0n) is 13.0. The van der Waals surface area contributed by atoms with Gasteiger partial charge in [0.25, 0.3) is 5.91 Å². The number of anilines is 1. The lowest BCUT2D eigenvalue weighted by molar-refractivity contribution is -0.885. The Hall–Kier alpha value is -1.20. The van der Waals surface area contributed by atoms with Crippen LogP contribution >= 0.6 is 35.0 Å². The number of nitrogens with one attached hydrogen (secondary N) is 2. The Kier molecular flexibility index (Phi) is 6.78. The van der Waals surface area contributed by atoms with Crippen LogP contribution in [0.5, 0.6) is 0 Å². The molecule has 2 aromatic rings. The van der Waals surface area contributed by atoms with Gasteiger partial charge < -0.3 is 10.2 Å². The third-order valence-corrected chi connectivity index (χ3v) is 4.73. The molecule has 0 radical (unpaired) electrons. The largest absolute Gasteiger partial charge is 0.326 e. The maximum atomic E-state index is 12.2. The van der Waals surface area contributed by atoms with Crippen molar-refractivity contribution in [3.05, 3.63) is 58.1 Å². The van der Waals surface area contributed by atoms with Crippen LogP contribution in [0.4, 0.5) is 5.69 Å². The lowest BCUT2D eigenvalue weighted by Gasteiger charge is -2.15. The van der Waals surface area contributed by atoms with E-state index in [4.69, 9.17) is 23.2 Å². The minimum absolute atomic E-state index is 0.113. The molecule has 2 aromatic carbocycles. The van der Waals surface area contributed by atoms with Gasteiger partial charge in [-0.15, -0.1) is 11.8 Å². The van der Waals surface area contributed by atoms with Gasteiger partial charge in [-0.3, -0.25) is 4.79 Å². The molecule has 1 amide bonds. The molecule has 6 heteroatoms. The number of carbonyl (C=O) groups excluding carboxylic acids is 1. The van der Waals surface area contributed by atoms with E-state index in [9.17, 15) is 4.79 Å². The minimum atomic E-state index is -0.113. The normalized spacial score (nSPS) is 12.0. The van der Waals surface area contributed by atoms with Crippen molar-refractivity contribution in [3.63, 3.8) is 0 Å². The molecule has 3 nitrogen and oxygen atoms in total. The highest BCUT2D eigenvalue weighted by atomic mass is 35.5. The molecule has 2 rings (SSSR count). The average Bonchev–Trinajstić information content (AvgIpc) is 2.51. The SMILES string of the molecule is CSc1ccc(C[NH+](C)CC(=O)Nc2c(Cl)cccc2Cl)cc1. The molecule has 122 valence electrons. The third-order valence-electron chi connectivity index (χ3n) is 3.35. The van der Waals surface area contributed by atoms with Crippen LogP contribution in [0.25, 0.3) is 0 Å². The number of halogens is 2. The van der Waals surface area contributed by atoms with Crippen LogP contribution < -0.4 is 10.2 Å². The van der Waals surface area contributed by atoms with Crippen LogP contribution in [0.3, 0.4) is 0 Å². The molecule has 0 heterocycles. The van der Waals surface area contributed by atoms with Gasteiger partial charge in [-0.05, 0) is 30.5 Å². The van der Waals surface area contributed by atoms with Crippen molar-refractivity contribution in [2.45, 2.75) is 11.4 Å². The van der Waals surface area contributed by atoms with Crippen molar-refractivity contribution in [2.24, 2.45) is 0 Å². The molecule has 0 aliphatic heterocycles. The highest BCUT2D eigenvalue weighted by Gasteiger charge is 2.14. The summed E-state index contributed by atoms with van der Waals surface area (Å²) in [6.07, 6.45) is 2.05. The lowest BCUT2D eigenvalue weighted by atomic mass is 10.2. The van der Waals surface area contributed by atoms with E-state index < -0.39 is 0 Å². The van der Waals surface area contributed by atoms with Gasteiger partial charge in [-0.1, -0.05) is 41.4 Å². The summed E-state index contributed by atoms with van der Waals surface area (Å²) in [5, 5.41) is 3.67. The molecule has 0 aliphatic carbocycles. The Morgan fingerprint density at radius 2 is 1.74 bits per heavy atom. The second-order valence-electron chi connectivity index (χ2n) is 5.30. The predicted molar refractivity (Wildman–Crippen MR) is 98.8 cm³/mol. The molecule has 0 spiro atoms. The topological polar surface area (TPSA) is 33.5 Å². The van der Waals surface area contributed by atoms with E-state index >= 15 is 0 Å². The number of quaternary nitrogens is 1. The molecular formula is C17H19Cl2N2OS+. The Morgan fingerprint density at radius 3 is 2.30 bits per heavy atom. The molecule has 0 saturated carbocycles. The van der Waals surface area contributed by atoms with E-state index in [2.05, 4.69) is 35.8 Å². The molecule has 1 unspecified atom stereocenters. The summed E-state index contributed by atoms with van der Waals surface area (Å²) >= 11 is 13.8. The fourth-order valence-electron chi connectivity index (χ4n) is 2.23. The summed E-state index contributed by atoms with van der Waals surface area (Å²) < 4.78 is 0. The molecule has 23 heavy (non-hydrogen) atoms. The number of hydrogen-bond donors (Lipinski definition) is 2. The van der Waals surface area contributed by atoms with Crippen molar-refractivity contribution in [3.8, 4) is 0 Å². The summed E-state index contributed by atoms with van der Waals surface area (Å²) in [6.45, 7) is 1.12. The summed E-state index contributed by atoms with van der Waals surface area (Å²) in [7, 11) is 1.98. The van der Waals surface area contributed by atoms with Crippen molar-refractivity contribution in [2.75, 3.05) is 25.2 Å². The number of thioether (sulfide) groups is 1. The monoisotopic (exact) mass is 369 g/mol. The van der Waals surface area contributed by atoms with Gasteiger partial charge in [0, 0.05) is 10.5 Å². The predicted octanol–water partition coefficient (Wildman–Crippen LogP) is 3.37. The summed E-state index contributed by atoms with van der Waals surface area (Å²) in [5.74, 6) is -0.113. The molecule has 0 fully saturated rings. The van der Waals surface area contributed by atoms with Gasteiger partial charge in [0.2, 0.25) is 0 Å². The van der Waals surface area contributed by atoms with Gasteiger partial charge in [0.15, 0.2) is 6.54 Å². The van der Waals surface area contributed by atoms with E-state index in [0.29, 0.717) is 22.3 Å². The van der Waals surface area contributed by atoms with Gasteiger partial charge in [0.05, 0.1) is 22.8 Å². The first kappa shape index (κ1) is 18.1. The first-order valence-corrected chi connectivity index (χ1v) is 9.15. The van der Waals surface area contributed by atoms with Gasteiger partial charge in [-0.25, -0.2) is 0 Å². The van der Waals surface area contributed by atoms with Crippen LogP contribution in [0.1, 0.15) is 5.56 Å². The Morgan fingerprint density at radius 1 is 1.13 bits per heavy atom. The molecule has 0 aliphatic rings. The van der Waals surface area contributed by atoms with Gasteiger partial charge in [-0.2, -0.15) is 0 Å². The fraction of sp³-hybridized carbons (Fsp3) is 0.235. The van der Waals surface area contributed by atoms with Gasteiger partial charge in [0.1, 0.15) is 6.54 Å². The van der Waals surface area contributed by atoms with E-state index in [1.54, 1.807) is 30.0 Å². The van der Waals surface area contributed by atoms with Crippen LogP contribution in [0.15, 0.2) is 47.4 Å². The zero-order valence-corrected chi connectivity index (χ0v) is 15.4. The maximum Gasteiger partial charge on any atom is 0.279 e. The molecule has 0 aromatic heterocycles. The van der Waals surface area contributed by atoms with Crippen LogP contribution in [-0.4, -0.2) is 25.8 Å². The first-order chi connectivity index (χ1) is 11.0. The van der Waals surface area contributed by atoms with Crippen LogP contribution in [0.2, 0.25) is 10.0 Å². The van der Waals surface area contributed by atoms with Crippen molar-refractivity contribution >= 4 is 46.6 Å². The summed E-state index contributed by atoms with van der Waals surface area (Å²) in [4.78, 5) is 14.5. The summed E-state index contributed by atoms with van der Waals surface area (Å²) in [5.41, 5.74) is 1.67. The molecule has 0 saturated heterocycles. The fourth-order valence-corrected chi connectivity index (χ4v) is 3.13. The number of amides is 1. The smallest absolute Gasteiger partial charge is 0.279 e. The summed E-state index contributed by atoms with van der Waals surface area (Å²) in [6, 6.07) is 13.5. The Balaban J connectivity index is 1.91. The van der Waals surface area contributed by atoms with E-state index in [-0.39, 0.29) is 5.91 Å². The maximum absolute atomic E-state index is 12.2. The Bertz CT molecular complexity index is 657. The number of para-hydroxylation sites is 1. The number of carbonyl (C=O) groups is 1. The highest BCUT2D eigenvalue weighted by Crippen LogP contribution is 2.29. The number of hydrogen-bond acceptors (Lipinski definition) is 2. The highest BCUT2D eigenvalue weighted by molar-refractivity contribution is 7.98. The minimum Gasteiger partial charge on any atom is -0.326 e. The van der Waals surface area contributed by atoms with Gasteiger partial charge >= 0.3 is 0 Å². The quantitative estimate of drug-likeness (QED) is 0.765. The van der Waals surface area contributed by atoms with Crippen molar-refractivity contribution < 1.29 is 9.69 Å². The second-order valence-corrected chi connectivity index (χ2v) is 7.00. The first-order valence-electron chi connectivity index (χ1n) is 7.17. The lowest BCUT2D eigenvalue weighted by Crippen LogP contribution is -3.08. The van der Waals surface area contributed by atoms with E-state index in [1.807, 2.05) is 7.05 Å². The molecular weight excluding hydrogens is 351 g/mol. The molecule has 2 N–H and O–H groups in total. The second kappa shape index (κ2) is 8.60. The number of rotatable bonds is 6. The Labute approximate surface area is 151 Å². The number of benzene rings is 2. The van der Waals surface area contributed by atoms with Crippen molar-refractivity contribution in [1.29, 1.82) is 0 Å². The van der Waals surface area contributed by atoms with Crippen LogP contribution in [-0.2, 0) is 11.3 Å².